The fraction of sp³-hybridized carbons (Fsp3) is 1.00. The van der Waals surface area contributed by atoms with Crippen LogP contribution in [-0.2, 0) is 0 Å². The summed E-state index contributed by atoms with van der Waals surface area (Å²) in [4.78, 5) is 0. The van der Waals surface area contributed by atoms with Crippen LogP contribution in [-0.4, -0.2) is 13.1 Å². The van der Waals surface area contributed by atoms with E-state index < -0.39 is 0 Å². The van der Waals surface area contributed by atoms with Crippen LogP contribution in [0.25, 0.3) is 0 Å². The van der Waals surface area contributed by atoms with Crippen LogP contribution in [0.1, 0.15) is 51.9 Å². The third-order valence-electron chi connectivity index (χ3n) is 3.16. The van der Waals surface area contributed by atoms with Gasteiger partial charge in [0.05, 0.1) is 0 Å². The van der Waals surface area contributed by atoms with Crippen molar-refractivity contribution in [3.63, 3.8) is 0 Å². The third-order valence-corrected chi connectivity index (χ3v) is 3.16. The molecule has 0 radical (unpaired) electrons. The van der Waals surface area contributed by atoms with Gasteiger partial charge < -0.3 is 5.32 Å². The molecule has 0 aromatic carbocycles. The first-order valence-electron chi connectivity index (χ1n) is 5.54. The lowest BCUT2D eigenvalue weighted by Gasteiger charge is -2.29. The molecule has 1 N–H and O–H groups in total. The lowest BCUT2D eigenvalue weighted by Crippen LogP contribution is -2.29. The first-order valence-corrected chi connectivity index (χ1v) is 5.54. The van der Waals surface area contributed by atoms with Gasteiger partial charge in [-0.15, -0.1) is 0 Å². The maximum absolute atomic E-state index is 3.44. The van der Waals surface area contributed by atoms with Gasteiger partial charge in [0.25, 0.3) is 0 Å². The minimum absolute atomic E-state index is 0.801. The summed E-state index contributed by atoms with van der Waals surface area (Å²) in [6.45, 7) is 2.27. The predicted molar refractivity (Wildman–Crippen MR) is 54.3 cm³/mol. The molecule has 1 heteroatoms. The zero-order chi connectivity index (χ0) is 8.81. The van der Waals surface area contributed by atoms with Crippen molar-refractivity contribution in [2.45, 2.75) is 57.9 Å². The first-order chi connectivity index (χ1) is 5.86. The normalized spacial score (nSPS) is 20.5. The minimum atomic E-state index is 0.801. The van der Waals surface area contributed by atoms with Crippen molar-refractivity contribution >= 4 is 0 Å². The molecule has 1 unspecified atom stereocenters. The van der Waals surface area contributed by atoms with E-state index in [2.05, 4.69) is 19.3 Å². The van der Waals surface area contributed by atoms with Crippen LogP contribution in [0.15, 0.2) is 0 Å². The van der Waals surface area contributed by atoms with E-state index in [1.165, 1.54) is 44.9 Å². The fourth-order valence-electron chi connectivity index (χ4n) is 1.96. The highest BCUT2D eigenvalue weighted by Gasteiger charge is 2.20. The topological polar surface area (TPSA) is 12.0 Å². The second-order valence-electron chi connectivity index (χ2n) is 4.16. The molecule has 0 aliphatic heterocycles. The summed E-state index contributed by atoms with van der Waals surface area (Å²) in [6, 6.07) is 0.801. The molecule has 1 atom stereocenters. The minimum Gasteiger partial charge on any atom is -0.317 e. The molecule has 1 fully saturated rings. The van der Waals surface area contributed by atoms with E-state index >= 15 is 0 Å². The van der Waals surface area contributed by atoms with Crippen LogP contribution in [0.2, 0.25) is 0 Å². The van der Waals surface area contributed by atoms with E-state index in [9.17, 15) is 0 Å². The fourth-order valence-corrected chi connectivity index (χ4v) is 1.96. The van der Waals surface area contributed by atoms with E-state index in [0.29, 0.717) is 0 Å². The zero-order valence-corrected chi connectivity index (χ0v) is 8.60. The molecule has 1 nitrogen and oxygen atoms in total. The Labute approximate surface area is 76.9 Å². The van der Waals surface area contributed by atoms with Gasteiger partial charge >= 0.3 is 0 Å². The number of unbranched alkanes of at least 4 members (excludes halogenated alkanes) is 1. The maximum Gasteiger partial charge on any atom is 0.00667 e. The molecule has 1 saturated carbocycles. The number of nitrogens with one attached hydrogen (secondary N) is 1. The smallest absolute Gasteiger partial charge is 0.00667 e. The van der Waals surface area contributed by atoms with Crippen molar-refractivity contribution in [1.29, 1.82) is 0 Å². The molecule has 1 rings (SSSR count). The van der Waals surface area contributed by atoms with E-state index in [0.717, 1.165) is 12.0 Å². The molecule has 1 aliphatic rings. The molecular formula is C11H23N. The van der Waals surface area contributed by atoms with Gasteiger partial charge in [0.2, 0.25) is 0 Å². The molecule has 0 bridgehead atoms. The van der Waals surface area contributed by atoms with E-state index in [1.807, 2.05) is 0 Å². The van der Waals surface area contributed by atoms with E-state index in [4.69, 9.17) is 0 Å². The van der Waals surface area contributed by atoms with Gasteiger partial charge in [0.1, 0.15) is 0 Å². The average Bonchev–Trinajstić information content (AvgIpc) is 2.02. The number of hydrogen-bond donors (Lipinski definition) is 1. The molecular weight excluding hydrogens is 146 g/mol. The Hall–Kier alpha value is -0.0400. The zero-order valence-electron chi connectivity index (χ0n) is 8.60. The standard InChI is InChI=1S/C11H23N/c1-3-4-8-11(12-2)9-10-6-5-7-10/h10-12H,3-9H2,1-2H3. The van der Waals surface area contributed by atoms with Crippen molar-refractivity contribution < 1.29 is 0 Å². The van der Waals surface area contributed by atoms with Crippen LogP contribution in [0.3, 0.4) is 0 Å². The summed E-state index contributed by atoms with van der Waals surface area (Å²) < 4.78 is 0. The van der Waals surface area contributed by atoms with Crippen molar-refractivity contribution in [1.82, 2.24) is 5.32 Å². The Bertz CT molecular complexity index is 108. The summed E-state index contributed by atoms with van der Waals surface area (Å²) in [5.41, 5.74) is 0. The predicted octanol–water partition coefficient (Wildman–Crippen LogP) is 2.95. The summed E-state index contributed by atoms with van der Waals surface area (Å²) >= 11 is 0. The highest BCUT2D eigenvalue weighted by atomic mass is 14.9. The Kier molecular flexibility index (Phi) is 4.67. The Morgan fingerprint density at radius 1 is 1.42 bits per heavy atom. The highest BCUT2D eigenvalue weighted by molar-refractivity contribution is 4.76. The Morgan fingerprint density at radius 2 is 2.17 bits per heavy atom. The number of rotatable bonds is 6. The van der Waals surface area contributed by atoms with Crippen molar-refractivity contribution in [3.8, 4) is 0 Å². The molecule has 0 heterocycles. The summed E-state index contributed by atoms with van der Waals surface area (Å²) in [7, 11) is 2.11. The van der Waals surface area contributed by atoms with Gasteiger partial charge in [-0.3, -0.25) is 0 Å². The third kappa shape index (κ3) is 3.14. The first kappa shape index (κ1) is 10.0. The van der Waals surface area contributed by atoms with Gasteiger partial charge in [0, 0.05) is 6.04 Å². The van der Waals surface area contributed by atoms with Crippen molar-refractivity contribution in [2.24, 2.45) is 5.92 Å². The van der Waals surface area contributed by atoms with Gasteiger partial charge in [-0.05, 0) is 25.8 Å². The van der Waals surface area contributed by atoms with Gasteiger partial charge in [-0.2, -0.15) is 0 Å². The van der Waals surface area contributed by atoms with Crippen molar-refractivity contribution in [2.75, 3.05) is 7.05 Å². The Morgan fingerprint density at radius 3 is 2.58 bits per heavy atom. The monoisotopic (exact) mass is 169 g/mol. The largest absolute Gasteiger partial charge is 0.317 e. The molecule has 0 aromatic heterocycles. The summed E-state index contributed by atoms with van der Waals surface area (Å²) in [5.74, 6) is 1.05. The SMILES string of the molecule is CCCCC(CC1CCC1)NC. The van der Waals surface area contributed by atoms with Crippen LogP contribution in [0, 0.1) is 5.92 Å². The maximum atomic E-state index is 3.44. The molecule has 0 amide bonds. The molecule has 1 aliphatic carbocycles. The van der Waals surface area contributed by atoms with Crippen molar-refractivity contribution in [3.05, 3.63) is 0 Å². The number of hydrogen-bond acceptors (Lipinski definition) is 1. The molecule has 0 aromatic rings. The lowest BCUT2D eigenvalue weighted by molar-refractivity contribution is 0.257. The quantitative estimate of drug-likeness (QED) is 0.644. The molecule has 0 spiro atoms. The second kappa shape index (κ2) is 5.58. The summed E-state index contributed by atoms with van der Waals surface area (Å²) in [5, 5.41) is 3.44. The van der Waals surface area contributed by atoms with Crippen LogP contribution < -0.4 is 5.32 Å². The average molecular weight is 169 g/mol. The van der Waals surface area contributed by atoms with Crippen LogP contribution in [0.4, 0.5) is 0 Å². The van der Waals surface area contributed by atoms with Crippen LogP contribution in [0.5, 0.6) is 0 Å². The molecule has 12 heavy (non-hydrogen) atoms. The van der Waals surface area contributed by atoms with Gasteiger partial charge in [-0.25, -0.2) is 0 Å². The highest BCUT2D eigenvalue weighted by Crippen LogP contribution is 2.31. The summed E-state index contributed by atoms with van der Waals surface area (Å²) in [6.07, 6.45) is 9.99. The molecule has 0 saturated heterocycles. The molecule has 72 valence electrons. The van der Waals surface area contributed by atoms with Crippen LogP contribution >= 0.6 is 0 Å². The van der Waals surface area contributed by atoms with Gasteiger partial charge in [0.15, 0.2) is 0 Å². The second-order valence-corrected chi connectivity index (χ2v) is 4.16. The lowest BCUT2D eigenvalue weighted by atomic mass is 9.80. The van der Waals surface area contributed by atoms with E-state index in [-0.39, 0.29) is 0 Å². The Balaban J connectivity index is 2.06. The van der Waals surface area contributed by atoms with E-state index in [1.54, 1.807) is 0 Å². The van der Waals surface area contributed by atoms with Gasteiger partial charge in [-0.1, -0.05) is 39.0 Å².